The first-order chi connectivity index (χ1) is 12.1. The molecule has 0 aliphatic carbocycles. The van der Waals surface area contributed by atoms with E-state index in [4.69, 9.17) is 5.41 Å². The highest BCUT2D eigenvalue weighted by atomic mass is 15.3. The predicted molar refractivity (Wildman–Crippen MR) is 106 cm³/mol. The van der Waals surface area contributed by atoms with E-state index in [0.717, 1.165) is 36.4 Å². The minimum absolute atomic E-state index is 0.461. The van der Waals surface area contributed by atoms with Crippen molar-refractivity contribution in [3.63, 3.8) is 0 Å². The maximum atomic E-state index is 7.66. The lowest BCUT2D eigenvalue weighted by atomic mass is 9.95. The van der Waals surface area contributed by atoms with Gasteiger partial charge in [0, 0.05) is 72.4 Å². The molecule has 0 bridgehead atoms. The van der Waals surface area contributed by atoms with Gasteiger partial charge in [0.1, 0.15) is 0 Å². The second kappa shape index (κ2) is 9.13. The molecule has 2 aliphatic rings. The molecular weight excluding hydrogens is 312 g/mol. The molecule has 1 saturated heterocycles. The van der Waals surface area contributed by atoms with Gasteiger partial charge in [-0.15, -0.1) is 0 Å². The SMILES string of the molecule is C=N/C=C(C=N)/C1=C/N/N=C\C=C(\N2CCCC(NC(C)C)C2)C1=C. The first-order valence-electron chi connectivity index (χ1n) is 8.63. The summed E-state index contributed by atoms with van der Waals surface area (Å²) in [5, 5.41) is 15.4. The first kappa shape index (κ1) is 18.9. The number of likely N-dealkylation sites (tertiary alicyclic amines) is 1. The number of hydrogen-bond donors (Lipinski definition) is 3. The fourth-order valence-corrected chi connectivity index (χ4v) is 3.22. The molecule has 0 aromatic rings. The summed E-state index contributed by atoms with van der Waals surface area (Å²) in [6.07, 6.45) is 10.6. The van der Waals surface area contributed by atoms with E-state index in [1.54, 1.807) is 18.6 Å². The van der Waals surface area contributed by atoms with Crippen LogP contribution in [0.2, 0.25) is 0 Å². The molecule has 0 saturated carbocycles. The zero-order chi connectivity index (χ0) is 18.2. The highest BCUT2D eigenvalue weighted by Gasteiger charge is 2.24. The number of nitrogens with zero attached hydrogens (tertiary/aromatic N) is 3. The molecule has 1 unspecified atom stereocenters. The fourth-order valence-electron chi connectivity index (χ4n) is 3.22. The second-order valence-corrected chi connectivity index (χ2v) is 6.51. The summed E-state index contributed by atoms with van der Waals surface area (Å²) in [5.41, 5.74) is 6.18. The fraction of sp³-hybridized carbons (Fsp3) is 0.421. The van der Waals surface area contributed by atoms with Gasteiger partial charge in [0.15, 0.2) is 0 Å². The average Bonchev–Trinajstić information content (AvgIpc) is 2.57. The summed E-state index contributed by atoms with van der Waals surface area (Å²) in [6, 6.07) is 0.926. The van der Waals surface area contributed by atoms with E-state index in [9.17, 15) is 0 Å². The normalized spacial score (nSPS) is 27.3. The van der Waals surface area contributed by atoms with Crippen LogP contribution in [0.15, 0.2) is 57.6 Å². The smallest absolute Gasteiger partial charge is 0.0492 e. The largest absolute Gasteiger partial charge is 0.369 e. The van der Waals surface area contributed by atoms with E-state index in [1.807, 2.05) is 6.08 Å². The first-order valence-corrected chi connectivity index (χ1v) is 8.63. The summed E-state index contributed by atoms with van der Waals surface area (Å²) in [4.78, 5) is 6.15. The van der Waals surface area contributed by atoms with Gasteiger partial charge in [0.05, 0.1) is 0 Å². The van der Waals surface area contributed by atoms with Crippen LogP contribution in [0.5, 0.6) is 0 Å². The monoisotopic (exact) mass is 340 g/mol. The Labute approximate surface area is 150 Å². The van der Waals surface area contributed by atoms with Gasteiger partial charge in [-0.3, -0.25) is 10.4 Å². The van der Waals surface area contributed by atoms with Crippen LogP contribution in [0, 0.1) is 5.41 Å². The molecule has 2 heterocycles. The molecule has 0 aromatic carbocycles. The Morgan fingerprint density at radius 3 is 3.04 bits per heavy atom. The zero-order valence-electron chi connectivity index (χ0n) is 15.1. The van der Waals surface area contributed by atoms with Crippen molar-refractivity contribution in [3.05, 3.63) is 47.5 Å². The van der Waals surface area contributed by atoms with Crippen molar-refractivity contribution in [1.82, 2.24) is 15.6 Å². The van der Waals surface area contributed by atoms with Crippen LogP contribution >= 0.6 is 0 Å². The minimum Gasteiger partial charge on any atom is -0.369 e. The molecule has 1 atom stereocenters. The lowest BCUT2D eigenvalue weighted by Gasteiger charge is -2.38. The van der Waals surface area contributed by atoms with Crippen molar-refractivity contribution in [2.45, 2.75) is 38.8 Å². The van der Waals surface area contributed by atoms with Crippen LogP contribution < -0.4 is 10.7 Å². The second-order valence-electron chi connectivity index (χ2n) is 6.51. The maximum absolute atomic E-state index is 7.66. The Balaban J connectivity index is 2.27. The summed E-state index contributed by atoms with van der Waals surface area (Å²) < 4.78 is 0. The molecule has 2 aliphatic heterocycles. The molecular formula is C19H28N6. The molecule has 0 amide bonds. The van der Waals surface area contributed by atoms with Crippen LogP contribution in [0.4, 0.5) is 0 Å². The number of hydrogen-bond acceptors (Lipinski definition) is 6. The third-order valence-corrected chi connectivity index (χ3v) is 4.25. The molecule has 0 spiro atoms. The van der Waals surface area contributed by atoms with Gasteiger partial charge in [-0.25, -0.2) is 0 Å². The summed E-state index contributed by atoms with van der Waals surface area (Å²) in [6.45, 7) is 14.0. The molecule has 134 valence electrons. The van der Waals surface area contributed by atoms with Gasteiger partial charge in [-0.05, 0) is 25.6 Å². The molecule has 0 radical (unpaired) electrons. The average molecular weight is 340 g/mol. The summed E-state index contributed by atoms with van der Waals surface area (Å²) in [5.74, 6) is 0. The third-order valence-electron chi connectivity index (χ3n) is 4.25. The molecule has 1 fully saturated rings. The molecule has 6 nitrogen and oxygen atoms in total. The quantitative estimate of drug-likeness (QED) is 0.651. The molecule has 2 rings (SSSR count). The van der Waals surface area contributed by atoms with Crippen molar-refractivity contribution in [2.24, 2.45) is 10.1 Å². The van der Waals surface area contributed by atoms with E-state index >= 15 is 0 Å². The molecule has 3 N–H and O–H groups in total. The van der Waals surface area contributed by atoms with Crippen LogP contribution in [0.1, 0.15) is 26.7 Å². The Bertz CT molecular complexity index is 638. The maximum Gasteiger partial charge on any atom is 0.0492 e. The van der Waals surface area contributed by atoms with E-state index in [0.29, 0.717) is 17.7 Å². The number of aliphatic imine (C=N–C) groups is 1. The molecule has 25 heavy (non-hydrogen) atoms. The van der Waals surface area contributed by atoms with Gasteiger partial charge in [0.25, 0.3) is 0 Å². The van der Waals surface area contributed by atoms with E-state index in [2.05, 4.69) is 52.9 Å². The highest BCUT2D eigenvalue weighted by Crippen LogP contribution is 2.28. The molecule has 0 aromatic heterocycles. The van der Waals surface area contributed by atoms with E-state index in [1.165, 1.54) is 12.6 Å². The number of rotatable bonds is 6. The number of allylic oxidation sites excluding steroid dienone is 3. The van der Waals surface area contributed by atoms with E-state index < -0.39 is 0 Å². The van der Waals surface area contributed by atoms with Crippen LogP contribution in [0.25, 0.3) is 0 Å². The summed E-state index contributed by atoms with van der Waals surface area (Å²) >= 11 is 0. The van der Waals surface area contributed by atoms with Crippen LogP contribution in [-0.4, -0.2) is 49.2 Å². The predicted octanol–water partition coefficient (Wildman–Crippen LogP) is 2.60. The summed E-state index contributed by atoms with van der Waals surface area (Å²) in [7, 11) is 0. The number of hydrazone groups is 1. The number of nitrogens with one attached hydrogen (secondary N) is 3. The van der Waals surface area contributed by atoms with Crippen LogP contribution in [-0.2, 0) is 0 Å². The van der Waals surface area contributed by atoms with Crippen molar-refractivity contribution >= 4 is 19.1 Å². The standard InChI is InChI=1S/C19H28N6/c1-14(2)24-17-6-5-9-25(13-17)19-7-8-22-23-12-18(15(19)3)16(10-20)11-21-4/h7-8,10-12,14,17,20,23-24H,3-6,9,13H2,1-2H3/b16-11+,18-12+,19-7+,20-10?,22-8-. The lowest BCUT2D eigenvalue weighted by molar-refractivity contribution is 0.231. The number of piperidine rings is 1. The Kier molecular flexibility index (Phi) is 6.89. The minimum atomic E-state index is 0.461. The van der Waals surface area contributed by atoms with Crippen molar-refractivity contribution in [2.75, 3.05) is 13.1 Å². The van der Waals surface area contributed by atoms with E-state index in [-0.39, 0.29) is 0 Å². The van der Waals surface area contributed by atoms with Crippen LogP contribution in [0.3, 0.4) is 0 Å². The third kappa shape index (κ3) is 5.00. The van der Waals surface area contributed by atoms with Crippen molar-refractivity contribution < 1.29 is 0 Å². The molecule has 6 heteroatoms. The van der Waals surface area contributed by atoms with Gasteiger partial charge in [-0.1, -0.05) is 20.4 Å². The van der Waals surface area contributed by atoms with Crippen molar-refractivity contribution in [3.8, 4) is 0 Å². The van der Waals surface area contributed by atoms with Gasteiger partial charge < -0.3 is 15.6 Å². The Hall–Kier alpha value is -2.47. The highest BCUT2D eigenvalue weighted by molar-refractivity contribution is 5.86. The van der Waals surface area contributed by atoms with Gasteiger partial charge >= 0.3 is 0 Å². The zero-order valence-corrected chi connectivity index (χ0v) is 15.1. The lowest BCUT2D eigenvalue weighted by Crippen LogP contribution is -2.47. The Morgan fingerprint density at radius 1 is 1.56 bits per heavy atom. The Morgan fingerprint density at radius 2 is 2.36 bits per heavy atom. The van der Waals surface area contributed by atoms with Gasteiger partial charge in [-0.2, -0.15) is 5.10 Å². The topological polar surface area (TPSA) is 75.9 Å². The van der Waals surface area contributed by atoms with Crippen molar-refractivity contribution in [1.29, 1.82) is 5.41 Å². The van der Waals surface area contributed by atoms with Gasteiger partial charge in [0.2, 0.25) is 0 Å².